The first-order valence-electron chi connectivity index (χ1n) is 8.70. The molecular formula is C19H22N4O3. The largest absolute Gasteiger partial charge is 0.365 e. The summed E-state index contributed by atoms with van der Waals surface area (Å²) in [6.45, 7) is 4.30. The van der Waals surface area contributed by atoms with Crippen LogP contribution in [0.2, 0.25) is 0 Å². The van der Waals surface area contributed by atoms with Gasteiger partial charge >= 0.3 is 0 Å². The number of primary amides is 1. The molecule has 0 saturated heterocycles. The quantitative estimate of drug-likeness (QED) is 0.628. The first-order valence-corrected chi connectivity index (χ1v) is 8.70. The number of benzene rings is 1. The molecule has 1 aliphatic carbocycles. The molecule has 0 unspecified atom stereocenters. The van der Waals surface area contributed by atoms with Gasteiger partial charge < -0.3 is 11.1 Å². The SMILES string of the molecule is CC(C)c1ccc2c(c1)[C@H](Nc1ncc([N+](=O)[O-])cc1C(N)=O)CCC2. The third-order valence-corrected chi connectivity index (χ3v) is 4.81. The van der Waals surface area contributed by atoms with Crippen molar-refractivity contribution in [2.45, 2.75) is 45.1 Å². The lowest BCUT2D eigenvalue weighted by molar-refractivity contribution is -0.385. The Balaban J connectivity index is 1.97. The number of pyridine rings is 1. The second-order valence-corrected chi connectivity index (χ2v) is 6.91. The number of nitrogens with zero attached hydrogens (tertiary/aromatic N) is 2. The smallest absolute Gasteiger partial charge is 0.288 e. The fraction of sp³-hybridized carbons (Fsp3) is 0.368. The lowest BCUT2D eigenvalue weighted by Crippen LogP contribution is -2.22. The minimum atomic E-state index is -0.740. The average molecular weight is 354 g/mol. The first kappa shape index (κ1) is 17.8. The van der Waals surface area contributed by atoms with Gasteiger partial charge in [0.25, 0.3) is 11.6 Å². The highest BCUT2D eigenvalue weighted by atomic mass is 16.6. The molecule has 0 radical (unpaired) electrons. The fourth-order valence-electron chi connectivity index (χ4n) is 3.35. The number of nitrogens with one attached hydrogen (secondary N) is 1. The van der Waals surface area contributed by atoms with Gasteiger partial charge in [0.1, 0.15) is 12.0 Å². The Morgan fingerprint density at radius 1 is 1.38 bits per heavy atom. The predicted octanol–water partition coefficient (Wildman–Crippen LogP) is 3.70. The molecule has 0 bridgehead atoms. The summed E-state index contributed by atoms with van der Waals surface area (Å²) in [6.07, 6.45) is 4.07. The van der Waals surface area contributed by atoms with E-state index in [0.717, 1.165) is 25.5 Å². The second-order valence-electron chi connectivity index (χ2n) is 6.91. The molecule has 1 atom stereocenters. The molecule has 3 N–H and O–H groups in total. The van der Waals surface area contributed by atoms with Gasteiger partial charge in [-0.15, -0.1) is 0 Å². The molecule has 1 amide bonds. The van der Waals surface area contributed by atoms with Crippen molar-refractivity contribution in [3.05, 3.63) is 62.8 Å². The molecule has 0 aliphatic heterocycles. The molecule has 7 heteroatoms. The van der Waals surface area contributed by atoms with Crippen molar-refractivity contribution in [1.29, 1.82) is 0 Å². The molecule has 0 spiro atoms. The van der Waals surface area contributed by atoms with E-state index in [1.165, 1.54) is 22.8 Å². The fourth-order valence-corrected chi connectivity index (χ4v) is 3.35. The van der Waals surface area contributed by atoms with Crippen LogP contribution in [0.5, 0.6) is 0 Å². The van der Waals surface area contributed by atoms with Crippen LogP contribution >= 0.6 is 0 Å². The van der Waals surface area contributed by atoms with Gasteiger partial charge in [-0.25, -0.2) is 4.98 Å². The highest BCUT2D eigenvalue weighted by Gasteiger charge is 2.24. The number of nitro groups is 1. The van der Waals surface area contributed by atoms with Crippen LogP contribution in [0.1, 0.15) is 65.7 Å². The minimum absolute atomic E-state index is 0.00972. The van der Waals surface area contributed by atoms with Crippen LogP contribution in [-0.4, -0.2) is 15.8 Å². The van der Waals surface area contributed by atoms with Crippen molar-refractivity contribution in [2.24, 2.45) is 5.73 Å². The van der Waals surface area contributed by atoms with Gasteiger partial charge in [0.05, 0.1) is 16.5 Å². The number of carbonyl (C=O) groups excluding carboxylic acids is 1. The van der Waals surface area contributed by atoms with Gasteiger partial charge in [-0.1, -0.05) is 32.0 Å². The topological polar surface area (TPSA) is 111 Å². The van der Waals surface area contributed by atoms with E-state index < -0.39 is 10.8 Å². The van der Waals surface area contributed by atoms with Gasteiger partial charge in [0, 0.05) is 6.07 Å². The monoisotopic (exact) mass is 354 g/mol. The van der Waals surface area contributed by atoms with Gasteiger partial charge in [-0.05, 0) is 41.9 Å². The van der Waals surface area contributed by atoms with Crippen molar-refractivity contribution < 1.29 is 9.72 Å². The van der Waals surface area contributed by atoms with E-state index in [1.807, 2.05) is 0 Å². The van der Waals surface area contributed by atoms with E-state index >= 15 is 0 Å². The Labute approximate surface area is 151 Å². The molecule has 1 aliphatic rings. The third kappa shape index (κ3) is 3.51. The first-order chi connectivity index (χ1) is 12.4. The summed E-state index contributed by atoms with van der Waals surface area (Å²) in [4.78, 5) is 26.2. The van der Waals surface area contributed by atoms with E-state index in [-0.39, 0.29) is 23.1 Å². The molecule has 2 aromatic rings. The van der Waals surface area contributed by atoms with Gasteiger partial charge in [0.2, 0.25) is 0 Å². The maximum absolute atomic E-state index is 11.7. The van der Waals surface area contributed by atoms with Crippen LogP contribution in [0.15, 0.2) is 30.5 Å². The van der Waals surface area contributed by atoms with Crippen molar-refractivity contribution in [1.82, 2.24) is 4.98 Å². The van der Waals surface area contributed by atoms with E-state index in [0.29, 0.717) is 5.92 Å². The summed E-state index contributed by atoms with van der Waals surface area (Å²) in [5, 5.41) is 14.2. The average Bonchev–Trinajstić information content (AvgIpc) is 2.61. The molecule has 1 heterocycles. The number of hydrogen-bond acceptors (Lipinski definition) is 5. The number of nitrogens with two attached hydrogens (primary N) is 1. The van der Waals surface area contributed by atoms with E-state index in [2.05, 4.69) is 42.3 Å². The lowest BCUT2D eigenvalue weighted by atomic mass is 9.85. The molecule has 136 valence electrons. The van der Waals surface area contributed by atoms with E-state index in [1.54, 1.807) is 0 Å². The third-order valence-electron chi connectivity index (χ3n) is 4.81. The van der Waals surface area contributed by atoms with Crippen molar-refractivity contribution in [3.63, 3.8) is 0 Å². The van der Waals surface area contributed by atoms with Crippen LogP contribution < -0.4 is 11.1 Å². The number of aromatic nitrogens is 1. The van der Waals surface area contributed by atoms with E-state index in [4.69, 9.17) is 5.73 Å². The summed E-state index contributed by atoms with van der Waals surface area (Å²) in [6, 6.07) is 7.68. The molecule has 3 rings (SSSR count). The van der Waals surface area contributed by atoms with Crippen LogP contribution in [0, 0.1) is 10.1 Å². The number of carbonyl (C=O) groups is 1. The lowest BCUT2D eigenvalue weighted by Gasteiger charge is -2.28. The highest BCUT2D eigenvalue weighted by Crippen LogP contribution is 2.35. The van der Waals surface area contributed by atoms with Gasteiger partial charge in [-0.2, -0.15) is 0 Å². The zero-order chi connectivity index (χ0) is 18.8. The summed E-state index contributed by atoms with van der Waals surface area (Å²) >= 11 is 0. The predicted molar refractivity (Wildman–Crippen MR) is 99.2 cm³/mol. The van der Waals surface area contributed by atoms with Gasteiger partial charge in [-0.3, -0.25) is 14.9 Å². The Morgan fingerprint density at radius 3 is 2.81 bits per heavy atom. The second kappa shape index (κ2) is 7.11. The van der Waals surface area contributed by atoms with Gasteiger partial charge in [0.15, 0.2) is 0 Å². The number of rotatable bonds is 5. The van der Waals surface area contributed by atoms with Crippen molar-refractivity contribution in [3.8, 4) is 0 Å². The summed E-state index contributed by atoms with van der Waals surface area (Å²) in [5.41, 5.74) is 8.91. The molecule has 1 aromatic carbocycles. The zero-order valence-corrected chi connectivity index (χ0v) is 14.9. The Kier molecular flexibility index (Phi) is 4.88. The Morgan fingerprint density at radius 2 is 2.15 bits per heavy atom. The molecule has 0 saturated carbocycles. The van der Waals surface area contributed by atoms with Crippen LogP contribution in [0.4, 0.5) is 11.5 Å². The summed E-state index contributed by atoms with van der Waals surface area (Å²) in [7, 11) is 0. The molecule has 0 fully saturated rings. The molecule has 1 aromatic heterocycles. The van der Waals surface area contributed by atoms with Crippen LogP contribution in [0.25, 0.3) is 0 Å². The van der Waals surface area contributed by atoms with Crippen molar-refractivity contribution in [2.75, 3.05) is 5.32 Å². The van der Waals surface area contributed by atoms with Crippen LogP contribution in [-0.2, 0) is 6.42 Å². The number of aryl methyl sites for hydroxylation is 1. The number of amides is 1. The maximum atomic E-state index is 11.7. The number of anilines is 1. The standard InChI is InChI=1S/C19H22N4O3/c1-11(2)13-7-6-12-4-3-5-17(15(12)8-13)22-19-16(18(20)24)9-14(10-21-19)23(25)26/h6-11,17H,3-5H2,1-2H3,(H2,20,24)(H,21,22)/t17-/m1/s1. The van der Waals surface area contributed by atoms with Crippen LogP contribution in [0.3, 0.4) is 0 Å². The normalized spacial score (nSPS) is 16.2. The summed E-state index contributed by atoms with van der Waals surface area (Å²) in [5.74, 6) is -0.0341. The molecular weight excluding hydrogens is 332 g/mol. The minimum Gasteiger partial charge on any atom is -0.365 e. The maximum Gasteiger partial charge on any atom is 0.288 e. The summed E-state index contributed by atoms with van der Waals surface area (Å²) < 4.78 is 0. The van der Waals surface area contributed by atoms with Crippen molar-refractivity contribution >= 4 is 17.4 Å². The zero-order valence-electron chi connectivity index (χ0n) is 14.9. The Hall–Kier alpha value is -2.96. The Bertz CT molecular complexity index is 864. The molecule has 26 heavy (non-hydrogen) atoms. The van der Waals surface area contributed by atoms with E-state index in [9.17, 15) is 14.9 Å². The number of fused-ring (bicyclic) bond motifs is 1. The molecule has 7 nitrogen and oxygen atoms in total. The highest BCUT2D eigenvalue weighted by molar-refractivity contribution is 5.98. The number of hydrogen-bond donors (Lipinski definition) is 2.